The molecule has 0 radical (unpaired) electrons. The Morgan fingerprint density at radius 3 is 3.00 bits per heavy atom. The van der Waals surface area contributed by atoms with Crippen molar-refractivity contribution in [3.8, 4) is 0 Å². The average molecular weight is 304 g/mol. The first-order chi connectivity index (χ1) is 10.8. The molecular formula is C16H24N4O2. The lowest BCUT2D eigenvalue weighted by Gasteiger charge is -2.29. The minimum absolute atomic E-state index is 0.0303. The molecule has 6 nitrogen and oxygen atoms in total. The van der Waals surface area contributed by atoms with Gasteiger partial charge in [0.15, 0.2) is 5.82 Å². The van der Waals surface area contributed by atoms with Crippen LogP contribution in [0.3, 0.4) is 0 Å². The van der Waals surface area contributed by atoms with Crippen LogP contribution in [0, 0.1) is 11.8 Å². The summed E-state index contributed by atoms with van der Waals surface area (Å²) in [6.07, 6.45) is 4.83. The summed E-state index contributed by atoms with van der Waals surface area (Å²) in [5.74, 6) is 1.25. The number of nitrogens with zero attached hydrogens (tertiary/aromatic N) is 2. The molecule has 1 aromatic rings. The van der Waals surface area contributed by atoms with Gasteiger partial charge in [-0.05, 0) is 37.4 Å². The monoisotopic (exact) mass is 304 g/mol. The van der Waals surface area contributed by atoms with Crippen LogP contribution in [0.2, 0.25) is 0 Å². The second-order valence-electron chi connectivity index (χ2n) is 6.00. The number of morpholine rings is 1. The van der Waals surface area contributed by atoms with Crippen molar-refractivity contribution >= 4 is 17.4 Å². The summed E-state index contributed by atoms with van der Waals surface area (Å²) in [7, 11) is 0. The second-order valence-corrected chi connectivity index (χ2v) is 6.00. The fourth-order valence-electron chi connectivity index (χ4n) is 3.41. The molecule has 22 heavy (non-hydrogen) atoms. The standard InChI is InChI=1S/C16H24N4O2/c17-11-12-3-1-4-13(12)16(21)19-14-5-2-6-18-15(14)20-7-9-22-10-8-20/h2,5-6,12-13H,1,3-4,7-11,17H2,(H,19,21)/t12-,13-/m1/s1. The van der Waals surface area contributed by atoms with Crippen LogP contribution in [0.4, 0.5) is 11.5 Å². The number of anilines is 2. The van der Waals surface area contributed by atoms with E-state index >= 15 is 0 Å². The number of pyridine rings is 1. The van der Waals surface area contributed by atoms with E-state index in [0.29, 0.717) is 25.7 Å². The number of hydrogen-bond donors (Lipinski definition) is 2. The molecule has 1 aliphatic carbocycles. The number of hydrogen-bond acceptors (Lipinski definition) is 5. The van der Waals surface area contributed by atoms with Gasteiger partial charge in [-0.1, -0.05) is 6.42 Å². The van der Waals surface area contributed by atoms with Crippen molar-refractivity contribution in [3.63, 3.8) is 0 Å². The van der Waals surface area contributed by atoms with Crippen molar-refractivity contribution in [2.75, 3.05) is 43.1 Å². The minimum Gasteiger partial charge on any atom is -0.378 e. The molecule has 3 N–H and O–H groups in total. The highest BCUT2D eigenvalue weighted by Gasteiger charge is 2.32. The topological polar surface area (TPSA) is 80.5 Å². The maximum atomic E-state index is 12.6. The Bertz CT molecular complexity index is 517. The average Bonchev–Trinajstić information content (AvgIpc) is 3.05. The van der Waals surface area contributed by atoms with Gasteiger partial charge in [0.05, 0.1) is 18.9 Å². The maximum absolute atomic E-state index is 12.6. The highest BCUT2D eigenvalue weighted by molar-refractivity contribution is 5.95. The van der Waals surface area contributed by atoms with Crippen LogP contribution in [0.15, 0.2) is 18.3 Å². The zero-order valence-corrected chi connectivity index (χ0v) is 12.8. The molecule has 0 aromatic carbocycles. The Morgan fingerprint density at radius 1 is 1.41 bits per heavy atom. The highest BCUT2D eigenvalue weighted by Crippen LogP contribution is 2.33. The number of aromatic nitrogens is 1. The van der Waals surface area contributed by atoms with E-state index in [-0.39, 0.29) is 11.8 Å². The molecule has 0 spiro atoms. The predicted octanol–water partition coefficient (Wildman–Crippen LogP) is 1.23. The third-order valence-electron chi connectivity index (χ3n) is 4.65. The number of carbonyl (C=O) groups excluding carboxylic acids is 1. The van der Waals surface area contributed by atoms with E-state index in [0.717, 1.165) is 43.9 Å². The molecular weight excluding hydrogens is 280 g/mol. The summed E-state index contributed by atoms with van der Waals surface area (Å²) in [5.41, 5.74) is 6.58. The zero-order valence-electron chi connectivity index (χ0n) is 12.8. The van der Waals surface area contributed by atoms with Crippen LogP contribution in [-0.4, -0.2) is 43.7 Å². The van der Waals surface area contributed by atoms with E-state index in [1.807, 2.05) is 12.1 Å². The van der Waals surface area contributed by atoms with Crippen LogP contribution in [0.5, 0.6) is 0 Å². The Kier molecular flexibility index (Phi) is 4.90. The molecule has 1 aliphatic heterocycles. The van der Waals surface area contributed by atoms with Crippen molar-refractivity contribution < 1.29 is 9.53 Å². The van der Waals surface area contributed by atoms with Gasteiger partial charge in [0.25, 0.3) is 0 Å². The summed E-state index contributed by atoms with van der Waals surface area (Å²) in [4.78, 5) is 19.2. The fraction of sp³-hybridized carbons (Fsp3) is 0.625. The number of carbonyl (C=O) groups is 1. The van der Waals surface area contributed by atoms with Crippen LogP contribution < -0.4 is 16.0 Å². The van der Waals surface area contributed by atoms with Gasteiger partial charge in [0.2, 0.25) is 5.91 Å². The van der Waals surface area contributed by atoms with E-state index in [4.69, 9.17) is 10.5 Å². The first-order valence-corrected chi connectivity index (χ1v) is 8.08. The van der Waals surface area contributed by atoms with Crippen molar-refractivity contribution in [3.05, 3.63) is 18.3 Å². The third kappa shape index (κ3) is 3.23. The van der Waals surface area contributed by atoms with E-state index in [1.165, 1.54) is 0 Å². The van der Waals surface area contributed by atoms with Gasteiger partial charge in [-0.3, -0.25) is 4.79 Å². The molecule has 0 bridgehead atoms. The van der Waals surface area contributed by atoms with Crippen LogP contribution in [0.25, 0.3) is 0 Å². The number of rotatable bonds is 4. The molecule has 0 unspecified atom stereocenters. The van der Waals surface area contributed by atoms with Crippen LogP contribution in [-0.2, 0) is 9.53 Å². The normalized spacial score (nSPS) is 25.2. The van der Waals surface area contributed by atoms with Crippen LogP contribution >= 0.6 is 0 Å². The predicted molar refractivity (Wildman–Crippen MR) is 85.8 cm³/mol. The summed E-state index contributed by atoms with van der Waals surface area (Å²) >= 11 is 0. The number of nitrogens with two attached hydrogens (primary N) is 1. The van der Waals surface area contributed by atoms with Gasteiger partial charge < -0.3 is 20.7 Å². The smallest absolute Gasteiger partial charge is 0.227 e. The Balaban J connectivity index is 1.73. The maximum Gasteiger partial charge on any atom is 0.227 e. The van der Waals surface area contributed by atoms with E-state index in [9.17, 15) is 4.79 Å². The lowest BCUT2D eigenvalue weighted by molar-refractivity contribution is -0.120. The molecule has 120 valence electrons. The third-order valence-corrected chi connectivity index (χ3v) is 4.65. The molecule has 1 saturated heterocycles. The summed E-state index contributed by atoms with van der Waals surface area (Å²) in [5, 5.41) is 3.07. The lowest BCUT2D eigenvalue weighted by Crippen LogP contribution is -2.37. The molecule has 1 aromatic heterocycles. The largest absolute Gasteiger partial charge is 0.378 e. The summed E-state index contributed by atoms with van der Waals surface area (Å²) in [6, 6.07) is 3.77. The van der Waals surface area contributed by atoms with Crippen molar-refractivity contribution in [2.24, 2.45) is 17.6 Å². The summed E-state index contributed by atoms with van der Waals surface area (Å²) in [6.45, 7) is 3.58. The number of nitrogens with one attached hydrogen (secondary N) is 1. The second kappa shape index (κ2) is 7.07. The van der Waals surface area contributed by atoms with Gasteiger partial charge in [0.1, 0.15) is 0 Å². The fourth-order valence-corrected chi connectivity index (χ4v) is 3.41. The van der Waals surface area contributed by atoms with Gasteiger partial charge in [-0.15, -0.1) is 0 Å². The number of ether oxygens (including phenoxy) is 1. The van der Waals surface area contributed by atoms with E-state index < -0.39 is 0 Å². The Labute approximate surface area is 131 Å². The van der Waals surface area contributed by atoms with E-state index in [2.05, 4.69) is 15.2 Å². The quantitative estimate of drug-likeness (QED) is 0.874. The molecule has 2 heterocycles. The van der Waals surface area contributed by atoms with E-state index in [1.54, 1.807) is 6.20 Å². The van der Waals surface area contributed by atoms with Crippen LogP contribution in [0.1, 0.15) is 19.3 Å². The molecule has 2 atom stereocenters. The van der Waals surface area contributed by atoms with Crippen molar-refractivity contribution in [2.45, 2.75) is 19.3 Å². The Morgan fingerprint density at radius 2 is 2.23 bits per heavy atom. The van der Waals surface area contributed by atoms with Gasteiger partial charge in [-0.2, -0.15) is 0 Å². The minimum atomic E-state index is 0.0303. The molecule has 3 rings (SSSR count). The first kappa shape index (κ1) is 15.2. The molecule has 1 saturated carbocycles. The highest BCUT2D eigenvalue weighted by atomic mass is 16.5. The van der Waals surface area contributed by atoms with Gasteiger partial charge in [0, 0.05) is 25.2 Å². The van der Waals surface area contributed by atoms with Gasteiger partial charge in [-0.25, -0.2) is 4.98 Å². The molecule has 6 heteroatoms. The van der Waals surface area contributed by atoms with Crippen molar-refractivity contribution in [1.29, 1.82) is 0 Å². The Hall–Kier alpha value is -1.66. The molecule has 2 fully saturated rings. The molecule has 2 aliphatic rings. The summed E-state index contributed by atoms with van der Waals surface area (Å²) < 4.78 is 5.38. The zero-order chi connectivity index (χ0) is 15.4. The lowest BCUT2D eigenvalue weighted by atomic mass is 9.95. The number of amides is 1. The first-order valence-electron chi connectivity index (χ1n) is 8.08. The van der Waals surface area contributed by atoms with Gasteiger partial charge >= 0.3 is 0 Å². The van der Waals surface area contributed by atoms with Crippen molar-refractivity contribution in [1.82, 2.24) is 4.98 Å². The SMILES string of the molecule is NC[C@H]1CCC[C@H]1C(=O)Nc1cccnc1N1CCOCC1. The molecule has 1 amide bonds.